The van der Waals surface area contributed by atoms with E-state index in [2.05, 4.69) is 10.3 Å². The number of rotatable bonds is 0. The maximum atomic E-state index is 10.8. The van der Waals surface area contributed by atoms with E-state index in [0.29, 0.717) is 0 Å². The molecule has 1 amide bonds. The first kappa shape index (κ1) is 7.93. The highest BCUT2D eigenvalue weighted by Crippen LogP contribution is 2.10. The van der Waals surface area contributed by atoms with E-state index in [1.165, 1.54) is 0 Å². The summed E-state index contributed by atoms with van der Waals surface area (Å²) >= 11 is 7.35. The Hall–Kier alpha value is -0.170. The van der Waals surface area contributed by atoms with Gasteiger partial charge in [-0.2, -0.15) is 0 Å². The molecule has 6 heteroatoms. The number of hydrogen-bond acceptors (Lipinski definition) is 2. The maximum absolute atomic E-state index is 10.8. The fourth-order valence-electron chi connectivity index (χ4n) is 0.480. The molecule has 1 heterocycles. The first-order valence-corrected chi connectivity index (χ1v) is 4.01. The lowest BCUT2D eigenvalue weighted by atomic mass is 10.4. The van der Waals surface area contributed by atoms with Crippen molar-refractivity contribution in [1.82, 2.24) is 5.32 Å². The van der Waals surface area contributed by atoms with E-state index in [-0.39, 0.29) is 17.0 Å². The standard InChI is InChI=1S/C4H3ClIN3O/c5-2-1(6)3(10)9-4(7)8-2/h1H,(H2,7,9,10). The minimum absolute atomic E-state index is 0.161. The third-order valence-electron chi connectivity index (χ3n) is 0.900. The summed E-state index contributed by atoms with van der Waals surface area (Å²) in [5.41, 5.74) is 0. The van der Waals surface area contributed by atoms with E-state index in [4.69, 9.17) is 17.0 Å². The van der Waals surface area contributed by atoms with E-state index < -0.39 is 3.92 Å². The van der Waals surface area contributed by atoms with Gasteiger partial charge in [0.2, 0.25) is 11.9 Å². The number of guanidine groups is 1. The molecule has 0 fully saturated rings. The molecule has 0 radical (unpaired) electrons. The van der Waals surface area contributed by atoms with Crippen molar-refractivity contribution >= 4 is 51.2 Å². The Labute approximate surface area is 75.7 Å². The van der Waals surface area contributed by atoms with Crippen molar-refractivity contribution in [3.05, 3.63) is 0 Å². The molecule has 1 rings (SSSR count). The van der Waals surface area contributed by atoms with Crippen molar-refractivity contribution in [2.45, 2.75) is 3.92 Å². The number of nitrogens with zero attached hydrogens (tertiary/aromatic N) is 1. The monoisotopic (exact) mass is 271 g/mol. The second kappa shape index (κ2) is 2.83. The molecular weight excluding hydrogens is 268 g/mol. The summed E-state index contributed by atoms with van der Waals surface area (Å²) in [6.45, 7) is 0. The maximum Gasteiger partial charge on any atom is 0.246 e. The van der Waals surface area contributed by atoms with E-state index in [1.807, 2.05) is 22.6 Å². The van der Waals surface area contributed by atoms with Gasteiger partial charge in [0.1, 0.15) is 9.10 Å². The zero-order valence-corrected chi connectivity index (χ0v) is 7.60. The van der Waals surface area contributed by atoms with Gasteiger partial charge in [0.05, 0.1) is 0 Å². The number of carbonyl (C=O) groups is 1. The average Bonchev–Trinajstić information content (AvgIpc) is 1.82. The summed E-state index contributed by atoms with van der Waals surface area (Å²) in [6.07, 6.45) is 0. The summed E-state index contributed by atoms with van der Waals surface area (Å²) in [5.74, 6) is -0.478. The third kappa shape index (κ3) is 1.46. The van der Waals surface area contributed by atoms with Gasteiger partial charge in [0.15, 0.2) is 0 Å². The normalized spacial score (nSPS) is 25.8. The van der Waals surface area contributed by atoms with Crippen LogP contribution in [-0.2, 0) is 4.79 Å². The molecule has 1 aliphatic rings. The number of alkyl halides is 1. The van der Waals surface area contributed by atoms with Crippen LogP contribution in [0.1, 0.15) is 0 Å². The second-order valence-corrected chi connectivity index (χ2v) is 3.27. The molecule has 54 valence electrons. The molecule has 0 saturated heterocycles. The Kier molecular flexibility index (Phi) is 2.24. The smallest absolute Gasteiger partial charge is 0.246 e. The average molecular weight is 271 g/mol. The van der Waals surface area contributed by atoms with Crippen molar-refractivity contribution < 1.29 is 4.79 Å². The Morgan fingerprint density at radius 1 is 1.80 bits per heavy atom. The summed E-state index contributed by atoms with van der Waals surface area (Å²) in [4.78, 5) is 14.3. The van der Waals surface area contributed by atoms with Crippen molar-refractivity contribution in [3.8, 4) is 0 Å². The fourth-order valence-corrected chi connectivity index (χ4v) is 0.958. The number of amides is 1. The Balaban J connectivity index is 2.91. The van der Waals surface area contributed by atoms with Crippen LogP contribution in [0.25, 0.3) is 0 Å². The van der Waals surface area contributed by atoms with Crippen LogP contribution in [0.3, 0.4) is 0 Å². The van der Waals surface area contributed by atoms with Crippen LogP contribution in [0.5, 0.6) is 0 Å². The molecule has 0 aromatic rings. The molecule has 1 aliphatic heterocycles. The van der Waals surface area contributed by atoms with Gasteiger partial charge in [-0.1, -0.05) is 34.2 Å². The number of halogens is 2. The lowest BCUT2D eigenvalue weighted by Gasteiger charge is -2.12. The molecule has 2 N–H and O–H groups in total. The van der Waals surface area contributed by atoms with Gasteiger partial charge in [-0.25, -0.2) is 4.99 Å². The second-order valence-electron chi connectivity index (χ2n) is 1.63. The van der Waals surface area contributed by atoms with Crippen LogP contribution >= 0.6 is 34.2 Å². The molecular formula is C4H3ClIN3O. The first-order chi connectivity index (χ1) is 4.61. The third-order valence-corrected chi connectivity index (χ3v) is 2.73. The van der Waals surface area contributed by atoms with Gasteiger partial charge in [0, 0.05) is 0 Å². The minimum atomic E-state index is -0.451. The molecule has 0 aliphatic carbocycles. The van der Waals surface area contributed by atoms with Gasteiger partial charge in [-0.3, -0.25) is 15.5 Å². The zero-order valence-electron chi connectivity index (χ0n) is 4.69. The molecule has 0 aromatic carbocycles. The highest BCUT2D eigenvalue weighted by molar-refractivity contribution is 14.1. The molecule has 4 nitrogen and oxygen atoms in total. The minimum Gasteiger partial charge on any atom is -0.294 e. The predicted octanol–water partition coefficient (Wildman–Crippen LogP) is 0.492. The van der Waals surface area contributed by atoms with Crippen molar-refractivity contribution in [3.63, 3.8) is 0 Å². The number of hydrogen-bond donors (Lipinski definition) is 2. The van der Waals surface area contributed by atoms with E-state index >= 15 is 0 Å². The number of aliphatic imine (C=N–C) groups is 1. The van der Waals surface area contributed by atoms with Gasteiger partial charge >= 0.3 is 0 Å². The van der Waals surface area contributed by atoms with Gasteiger partial charge in [-0.15, -0.1) is 0 Å². The molecule has 1 atom stereocenters. The molecule has 10 heavy (non-hydrogen) atoms. The summed E-state index contributed by atoms with van der Waals surface area (Å²) in [5, 5.41) is 9.32. The molecule has 1 unspecified atom stereocenters. The van der Waals surface area contributed by atoms with Crippen LogP contribution in [0.4, 0.5) is 0 Å². The molecule has 0 aromatic heterocycles. The van der Waals surface area contributed by atoms with E-state index in [1.54, 1.807) is 0 Å². The van der Waals surface area contributed by atoms with Gasteiger partial charge < -0.3 is 0 Å². The Morgan fingerprint density at radius 3 is 2.90 bits per heavy atom. The predicted molar refractivity (Wildman–Crippen MR) is 47.0 cm³/mol. The van der Waals surface area contributed by atoms with Crippen LogP contribution in [0.2, 0.25) is 0 Å². The first-order valence-electron chi connectivity index (χ1n) is 2.39. The molecule has 0 bridgehead atoms. The van der Waals surface area contributed by atoms with Crippen molar-refractivity contribution in [2.75, 3.05) is 0 Å². The van der Waals surface area contributed by atoms with Gasteiger partial charge in [0.25, 0.3) is 0 Å². The van der Waals surface area contributed by atoms with Gasteiger partial charge in [-0.05, 0) is 0 Å². The SMILES string of the molecule is N=C1N=C(Cl)C(I)C(=O)N1. The topological polar surface area (TPSA) is 65.3 Å². The summed E-state index contributed by atoms with van der Waals surface area (Å²) in [6, 6.07) is 0. The Bertz CT molecular complexity index is 227. The highest BCUT2D eigenvalue weighted by atomic mass is 127. The highest BCUT2D eigenvalue weighted by Gasteiger charge is 2.25. The van der Waals surface area contributed by atoms with E-state index in [0.717, 1.165) is 0 Å². The molecule has 0 saturated carbocycles. The van der Waals surface area contributed by atoms with Crippen LogP contribution < -0.4 is 5.32 Å². The lowest BCUT2D eigenvalue weighted by molar-refractivity contribution is -0.117. The van der Waals surface area contributed by atoms with Crippen LogP contribution in [-0.4, -0.2) is 21.0 Å². The number of carbonyl (C=O) groups excluding carboxylic acids is 1. The molecule has 0 spiro atoms. The van der Waals surface area contributed by atoms with Crippen molar-refractivity contribution in [1.29, 1.82) is 5.41 Å². The van der Waals surface area contributed by atoms with Crippen LogP contribution in [0, 0.1) is 5.41 Å². The Morgan fingerprint density at radius 2 is 2.40 bits per heavy atom. The van der Waals surface area contributed by atoms with Crippen molar-refractivity contribution in [2.24, 2.45) is 4.99 Å². The summed E-state index contributed by atoms with van der Waals surface area (Å²) < 4.78 is -0.451. The number of nitrogens with one attached hydrogen (secondary N) is 2. The lowest BCUT2D eigenvalue weighted by Crippen LogP contribution is -2.42. The zero-order chi connectivity index (χ0) is 7.72. The fraction of sp³-hybridized carbons (Fsp3) is 0.250. The summed E-state index contributed by atoms with van der Waals surface area (Å²) in [7, 11) is 0. The van der Waals surface area contributed by atoms with E-state index in [9.17, 15) is 4.79 Å². The van der Waals surface area contributed by atoms with Crippen LogP contribution in [0.15, 0.2) is 4.99 Å². The quantitative estimate of drug-likeness (QED) is 0.489. The largest absolute Gasteiger partial charge is 0.294 e.